The topological polar surface area (TPSA) is 0 Å². The van der Waals surface area contributed by atoms with Gasteiger partial charge in [-0.3, -0.25) is 0 Å². The molecule has 0 aliphatic carbocycles. The molecular weight excluding hydrogens is 287 g/mol. The van der Waals surface area contributed by atoms with Crippen molar-refractivity contribution in [3.8, 4) is 0 Å². The molecule has 0 fully saturated rings. The van der Waals surface area contributed by atoms with E-state index in [2.05, 4.69) is 41.5 Å². The predicted molar refractivity (Wildman–Crippen MR) is 73.2 cm³/mol. The Bertz CT molecular complexity index is 275. The Kier molecular flexibility index (Phi) is 4.63. The first-order valence-corrected chi connectivity index (χ1v) is 11.4. The molecular formula is C14H26Sn. The van der Waals surface area contributed by atoms with Crippen LogP contribution < -0.4 is 0 Å². The summed E-state index contributed by atoms with van der Waals surface area (Å²) in [5, 5.41) is 0. The third-order valence-electron chi connectivity index (χ3n) is 4.02. The molecule has 0 atom stereocenters. The number of rotatable bonds is 4. The Balaban J connectivity index is 3.31. The summed E-state index contributed by atoms with van der Waals surface area (Å²) < 4.78 is 4.05. The fraction of sp³-hybridized carbons (Fsp3) is 0.786. The Hall–Kier alpha value is 0.409. The molecule has 1 heterocycles. The maximum atomic E-state index is 2.53. The molecule has 0 radical (unpaired) electrons. The molecule has 0 bridgehead atoms. The second-order valence-corrected chi connectivity index (χ2v) is 15.0. The van der Waals surface area contributed by atoms with Crippen LogP contribution in [0.4, 0.5) is 0 Å². The first-order valence-electron chi connectivity index (χ1n) is 6.49. The van der Waals surface area contributed by atoms with Gasteiger partial charge >= 0.3 is 103 Å². The number of allylic oxidation sites excluding steroid dienone is 2. The minimum absolute atomic E-state index is 0.614. The van der Waals surface area contributed by atoms with E-state index in [9.17, 15) is 0 Å². The Labute approximate surface area is 102 Å². The molecule has 15 heavy (non-hydrogen) atoms. The van der Waals surface area contributed by atoms with Gasteiger partial charge in [-0.15, -0.1) is 0 Å². The average molecular weight is 313 g/mol. The van der Waals surface area contributed by atoms with E-state index in [0.717, 1.165) is 0 Å². The average Bonchev–Trinajstić information content (AvgIpc) is 2.43. The summed E-state index contributed by atoms with van der Waals surface area (Å²) in [5.74, 6) is 0. The summed E-state index contributed by atoms with van der Waals surface area (Å²) in [6.45, 7) is 14.6. The predicted octanol–water partition coefficient (Wildman–Crippen LogP) is 4.58. The zero-order chi connectivity index (χ0) is 11.6. The zero-order valence-corrected chi connectivity index (χ0v) is 14.2. The van der Waals surface area contributed by atoms with Gasteiger partial charge in [0.05, 0.1) is 0 Å². The van der Waals surface area contributed by atoms with Crippen molar-refractivity contribution in [1.82, 2.24) is 0 Å². The Morgan fingerprint density at radius 2 is 1.53 bits per heavy atom. The molecule has 0 N–H and O–H groups in total. The van der Waals surface area contributed by atoms with E-state index in [0.29, 0.717) is 3.43 Å². The fourth-order valence-corrected chi connectivity index (χ4v) is 14.5. The van der Waals surface area contributed by atoms with Crippen LogP contribution in [-0.4, -0.2) is 22.8 Å². The molecule has 0 nitrogen and oxygen atoms in total. The Morgan fingerprint density at radius 3 is 1.87 bits per heavy atom. The van der Waals surface area contributed by atoms with Crippen molar-refractivity contribution in [3.05, 3.63) is 11.1 Å². The van der Waals surface area contributed by atoms with Gasteiger partial charge in [0.1, 0.15) is 0 Å². The molecule has 0 spiro atoms. The van der Waals surface area contributed by atoms with E-state index in [1.807, 2.05) is 9.09 Å². The van der Waals surface area contributed by atoms with Gasteiger partial charge in [0.25, 0.3) is 0 Å². The van der Waals surface area contributed by atoms with Crippen LogP contribution in [-0.2, 0) is 0 Å². The number of hydrogen-bond acceptors (Lipinski definition) is 0. The zero-order valence-electron chi connectivity index (χ0n) is 11.3. The van der Waals surface area contributed by atoms with Crippen LogP contribution in [0.2, 0.25) is 7.87 Å². The molecule has 1 heteroatoms. The third kappa shape index (κ3) is 2.11. The first-order chi connectivity index (χ1) is 7.04. The van der Waals surface area contributed by atoms with E-state index in [4.69, 9.17) is 0 Å². The van der Waals surface area contributed by atoms with Crippen molar-refractivity contribution in [2.75, 3.05) is 0 Å². The normalized spacial score (nSPS) is 20.4. The summed E-state index contributed by atoms with van der Waals surface area (Å²) >= 11 is -1.31. The van der Waals surface area contributed by atoms with Crippen molar-refractivity contribution in [2.45, 2.75) is 68.7 Å². The summed E-state index contributed by atoms with van der Waals surface area (Å²) in [5.41, 5.74) is 3.61. The van der Waals surface area contributed by atoms with Crippen LogP contribution in [0, 0.1) is 0 Å². The summed E-state index contributed by atoms with van der Waals surface area (Å²) in [6.07, 6.45) is 3.89. The standard InChI is InChI=1S/C12H21.C2H5.Sn/c1-6-9-11(7-2)12(8-3)10(4)5;1-2;/h6-8H2,1-5H3;1H2,2H3;. The summed E-state index contributed by atoms with van der Waals surface area (Å²) in [4.78, 5) is 0. The van der Waals surface area contributed by atoms with Crippen LogP contribution in [0.3, 0.4) is 0 Å². The van der Waals surface area contributed by atoms with Gasteiger partial charge in [-0.25, -0.2) is 0 Å². The monoisotopic (exact) mass is 314 g/mol. The SMILES string of the molecule is CCC1=C(CC)[C](C)(C)[Sn]([CH2]C)=[C]1CC. The van der Waals surface area contributed by atoms with Crippen molar-refractivity contribution in [2.24, 2.45) is 0 Å². The van der Waals surface area contributed by atoms with E-state index in [-0.39, 0.29) is 0 Å². The quantitative estimate of drug-likeness (QED) is 0.667. The van der Waals surface area contributed by atoms with E-state index in [1.54, 1.807) is 5.57 Å². The molecule has 1 rings (SSSR count). The second-order valence-electron chi connectivity index (χ2n) is 4.95. The molecule has 0 unspecified atom stereocenters. The van der Waals surface area contributed by atoms with Gasteiger partial charge < -0.3 is 0 Å². The fourth-order valence-electron chi connectivity index (χ4n) is 3.47. The molecule has 0 aromatic heterocycles. The van der Waals surface area contributed by atoms with Crippen molar-refractivity contribution < 1.29 is 0 Å². The summed E-state index contributed by atoms with van der Waals surface area (Å²) in [7, 11) is 0. The Morgan fingerprint density at radius 1 is 0.933 bits per heavy atom. The minimum atomic E-state index is -1.31. The van der Waals surface area contributed by atoms with Gasteiger partial charge in [0.2, 0.25) is 0 Å². The van der Waals surface area contributed by atoms with Crippen LogP contribution in [0.25, 0.3) is 0 Å². The van der Waals surface area contributed by atoms with Gasteiger partial charge in [0.15, 0.2) is 0 Å². The molecule has 0 aromatic carbocycles. The van der Waals surface area contributed by atoms with Gasteiger partial charge in [-0.05, 0) is 0 Å². The van der Waals surface area contributed by atoms with E-state index >= 15 is 0 Å². The van der Waals surface area contributed by atoms with Crippen LogP contribution in [0.5, 0.6) is 0 Å². The molecule has 0 saturated carbocycles. The summed E-state index contributed by atoms with van der Waals surface area (Å²) in [6, 6.07) is 0. The molecule has 86 valence electrons. The van der Waals surface area contributed by atoms with Crippen molar-refractivity contribution in [3.63, 3.8) is 0 Å². The van der Waals surface area contributed by atoms with Crippen LogP contribution in [0.1, 0.15) is 60.8 Å². The van der Waals surface area contributed by atoms with Crippen LogP contribution in [0.15, 0.2) is 11.1 Å². The van der Waals surface area contributed by atoms with Crippen molar-refractivity contribution >= 4 is 22.8 Å². The molecule has 1 aliphatic rings. The van der Waals surface area contributed by atoms with E-state index < -0.39 is 19.3 Å². The molecule has 0 saturated heterocycles. The molecule has 0 amide bonds. The van der Waals surface area contributed by atoms with Gasteiger partial charge in [-0.2, -0.15) is 0 Å². The third-order valence-corrected chi connectivity index (χ3v) is 15.2. The van der Waals surface area contributed by atoms with Gasteiger partial charge in [0, 0.05) is 0 Å². The molecule has 1 aliphatic heterocycles. The van der Waals surface area contributed by atoms with Crippen molar-refractivity contribution in [1.29, 1.82) is 0 Å². The van der Waals surface area contributed by atoms with E-state index in [1.165, 1.54) is 23.7 Å². The molecule has 0 aromatic rings. The van der Waals surface area contributed by atoms with Gasteiger partial charge in [-0.1, -0.05) is 0 Å². The second kappa shape index (κ2) is 5.16. The van der Waals surface area contributed by atoms with Crippen LogP contribution >= 0.6 is 0 Å². The first kappa shape index (κ1) is 13.5. The maximum absolute atomic E-state index is 2.53. The number of hydrogen-bond donors (Lipinski definition) is 0.